The molecule has 7 nitrogen and oxygen atoms in total. The van der Waals surface area contributed by atoms with Crippen LogP contribution in [0, 0.1) is 0 Å². The number of amides is 2. The summed E-state index contributed by atoms with van der Waals surface area (Å²) in [6, 6.07) is 7.85. The molecule has 112 valence electrons. The lowest BCUT2D eigenvalue weighted by Crippen LogP contribution is -2.34. The molecule has 2 aromatic rings. The number of rotatable bonds is 5. The first-order valence-corrected chi connectivity index (χ1v) is 8.13. The first kappa shape index (κ1) is 15.0. The zero-order chi connectivity index (χ0) is 15.3. The molecule has 0 saturated carbocycles. The molecular weight excluding hydrogens is 292 g/mol. The number of H-pyrrole nitrogens is 1. The van der Waals surface area contributed by atoms with E-state index in [2.05, 4.69) is 20.8 Å². The van der Waals surface area contributed by atoms with Crippen LogP contribution in [-0.4, -0.2) is 30.9 Å². The first-order chi connectivity index (χ1) is 9.95. The second-order valence-corrected chi connectivity index (χ2v) is 6.55. The number of aromatic nitrogens is 2. The van der Waals surface area contributed by atoms with E-state index in [9.17, 15) is 13.2 Å². The third-order valence-electron chi connectivity index (χ3n) is 2.80. The minimum atomic E-state index is -3.19. The number of urea groups is 1. The van der Waals surface area contributed by atoms with Gasteiger partial charge in [0.2, 0.25) is 0 Å². The maximum absolute atomic E-state index is 11.6. The normalized spacial score (nSPS) is 11.1. The molecule has 0 spiro atoms. The standard InChI is InChI=1S/C13H16N4O3S/c1-21(19,20)12-4-2-10(3-5-12)8-14-13(18)15-9-11-6-7-16-17-11/h2-7H,8-9H2,1H3,(H,16,17)(H2,14,15,18). The minimum absolute atomic E-state index is 0.259. The summed E-state index contributed by atoms with van der Waals surface area (Å²) in [6.07, 6.45) is 2.77. The molecule has 2 amide bonds. The molecule has 0 aliphatic carbocycles. The Balaban J connectivity index is 1.81. The van der Waals surface area contributed by atoms with Crippen LogP contribution in [0.15, 0.2) is 41.4 Å². The Morgan fingerprint density at radius 2 is 1.81 bits per heavy atom. The van der Waals surface area contributed by atoms with Crippen LogP contribution in [0.3, 0.4) is 0 Å². The second kappa shape index (κ2) is 6.40. The number of hydrogen-bond acceptors (Lipinski definition) is 4. The number of aromatic amines is 1. The molecule has 0 unspecified atom stereocenters. The largest absolute Gasteiger partial charge is 0.334 e. The van der Waals surface area contributed by atoms with Gasteiger partial charge in [-0.1, -0.05) is 12.1 Å². The number of sulfone groups is 1. The van der Waals surface area contributed by atoms with Crippen LogP contribution in [0.2, 0.25) is 0 Å². The molecule has 0 aliphatic heterocycles. The van der Waals surface area contributed by atoms with Crippen molar-refractivity contribution in [3.05, 3.63) is 47.8 Å². The zero-order valence-electron chi connectivity index (χ0n) is 11.5. The van der Waals surface area contributed by atoms with Gasteiger partial charge in [0, 0.05) is 19.0 Å². The van der Waals surface area contributed by atoms with E-state index in [-0.39, 0.29) is 10.9 Å². The maximum Gasteiger partial charge on any atom is 0.315 e. The second-order valence-electron chi connectivity index (χ2n) is 4.53. The quantitative estimate of drug-likeness (QED) is 0.760. The summed E-state index contributed by atoms with van der Waals surface area (Å²) in [4.78, 5) is 11.8. The lowest BCUT2D eigenvalue weighted by Gasteiger charge is -2.07. The summed E-state index contributed by atoms with van der Waals surface area (Å²) in [7, 11) is -3.19. The van der Waals surface area contributed by atoms with Gasteiger partial charge in [-0.2, -0.15) is 5.10 Å². The number of carbonyl (C=O) groups is 1. The molecule has 8 heteroatoms. The average Bonchev–Trinajstić information content (AvgIpc) is 2.95. The Bertz CT molecular complexity index is 694. The van der Waals surface area contributed by atoms with E-state index in [1.807, 2.05) is 0 Å². The van der Waals surface area contributed by atoms with Crippen LogP contribution < -0.4 is 10.6 Å². The van der Waals surface area contributed by atoms with E-state index in [1.54, 1.807) is 24.4 Å². The van der Waals surface area contributed by atoms with Crippen molar-refractivity contribution in [3.8, 4) is 0 Å². The molecule has 3 N–H and O–H groups in total. The van der Waals surface area contributed by atoms with Crippen molar-refractivity contribution in [2.24, 2.45) is 0 Å². The maximum atomic E-state index is 11.6. The van der Waals surface area contributed by atoms with Crippen LogP contribution in [0.4, 0.5) is 4.79 Å². The molecule has 1 aromatic heterocycles. The summed E-state index contributed by atoms with van der Waals surface area (Å²) >= 11 is 0. The van der Waals surface area contributed by atoms with Gasteiger partial charge in [0.15, 0.2) is 9.84 Å². The molecule has 1 heterocycles. The highest BCUT2D eigenvalue weighted by atomic mass is 32.2. The Labute approximate surface area is 122 Å². The Kier molecular flexibility index (Phi) is 4.59. The highest BCUT2D eigenvalue weighted by molar-refractivity contribution is 7.90. The Morgan fingerprint density at radius 1 is 1.14 bits per heavy atom. The smallest absolute Gasteiger partial charge is 0.315 e. The summed E-state index contributed by atoms with van der Waals surface area (Å²) in [5.74, 6) is 0. The van der Waals surface area contributed by atoms with Crippen molar-refractivity contribution in [2.45, 2.75) is 18.0 Å². The number of hydrogen-bond donors (Lipinski definition) is 3. The van der Waals surface area contributed by atoms with Crippen LogP contribution in [-0.2, 0) is 22.9 Å². The van der Waals surface area contributed by atoms with Gasteiger partial charge in [0.1, 0.15) is 0 Å². The van der Waals surface area contributed by atoms with Crippen LogP contribution in [0.1, 0.15) is 11.3 Å². The predicted molar refractivity (Wildman–Crippen MR) is 77.2 cm³/mol. The van der Waals surface area contributed by atoms with Gasteiger partial charge in [0.05, 0.1) is 17.1 Å². The minimum Gasteiger partial charge on any atom is -0.334 e. The fourth-order valence-electron chi connectivity index (χ4n) is 1.66. The summed E-state index contributed by atoms with van der Waals surface area (Å²) in [5.41, 5.74) is 1.63. The fraction of sp³-hybridized carbons (Fsp3) is 0.231. The van der Waals surface area contributed by atoms with Crippen molar-refractivity contribution < 1.29 is 13.2 Å². The van der Waals surface area contributed by atoms with Crippen molar-refractivity contribution in [2.75, 3.05) is 6.26 Å². The van der Waals surface area contributed by atoms with Crippen molar-refractivity contribution >= 4 is 15.9 Å². The Morgan fingerprint density at radius 3 is 2.38 bits per heavy atom. The third-order valence-corrected chi connectivity index (χ3v) is 3.93. The zero-order valence-corrected chi connectivity index (χ0v) is 12.3. The van der Waals surface area contributed by atoms with Gasteiger partial charge in [-0.3, -0.25) is 5.10 Å². The van der Waals surface area contributed by atoms with E-state index in [0.29, 0.717) is 13.1 Å². The van der Waals surface area contributed by atoms with Crippen molar-refractivity contribution in [1.29, 1.82) is 0 Å². The first-order valence-electron chi connectivity index (χ1n) is 6.24. The monoisotopic (exact) mass is 308 g/mol. The molecule has 2 rings (SSSR count). The number of benzene rings is 1. The Hall–Kier alpha value is -2.35. The van der Waals surface area contributed by atoms with Crippen LogP contribution in [0.5, 0.6) is 0 Å². The number of nitrogens with one attached hydrogen (secondary N) is 3. The molecule has 0 fully saturated rings. The fourth-order valence-corrected chi connectivity index (χ4v) is 2.29. The predicted octanol–water partition coefficient (Wildman–Crippen LogP) is 0.813. The van der Waals surface area contributed by atoms with E-state index in [4.69, 9.17) is 0 Å². The van der Waals surface area contributed by atoms with E-state index in [1.165, 1.54) is 12.1 Å². The summed E-state index contributed by atoms with van der Waals surface area (Å²) in [5, 5.41) is 11.9. The van der Waals surface area contributed by atoms with Gasteiger partial charge < -0.3 is 10.6 Å². The summed E-state index contributed by atoms with van der Waals surface area (Å²) < 4.78 is 22.6. The topological polar surface area (TPSA) is 104 Å². The molecule has 0 atom stereocenters. The number of carbonyl (C=O) groups excluding carboxylic acids is 1. The van der Waals surface area contributed by atoms with Gasteiger partial charge in [-0.05, 0) is 23.8 Å². The molecule has 0 radical (unpaired) electrons. The lowest BCUT2D eigenvalue weighted by molar-refractivity contribution is 0.240. The van der Waals surface area contributed by atoms with E-state index in [0.717, 1.165) is 17.5 Å². The molecule has 0 saturated heterocycles. The van der Waals surface area contributed by atoms with Gasteiger partial charge >= 0.3 is 6.03 Å². The summed E-state index contributed by atoms with van der Waals surface area (Å²) in [6.45, 7) is 0.678. The molecular formula is C13H16N4O3S. The highest BCUT2D eigenvalue weighted by Gasteiger charge is 2.06. The third kappa shape index (κ3) is 4.60. The number of nitrogens with zero attached hydrogens (tertiary/aromatic N) is 1. The molecule has 1 aromatic carbocycles. The van der Waals surface area contributed by atoms with Gasteiger partial charge in [0.25, 0.3) is 0 Å². The molecule has 0 bridgehead atoms. The van der Waals surface area contributed by atoms with E-state index < -0.39 is 9.84 Å². The molecule has 21 heavy (non-hydrogen) atoms. The van der Waals surface area contributed by atoms with Gasteiger partial charge in [-0.15, -0.1) is 0 Å². The van der Waals surface area contributed by atoms with Crippen LogP contribution >= 0.6 is 0 Å². The van der Waals surface area contributed by atoms with Crippen molar-refractivity contribution in [3.63, 3.8) is 0 Å². The van der Waals surface area contributed by atoms with Crippen molar-refractivity contribution in [1.82, 2.24) is 20.8 Å². The SMILES string of the molecule is CS(=O)(=O)c1ccc(CNC(=O)NCc2ccn[nH]2)cc1. The average molecular weight is 308 g/mol. The van der Waals surface area contributed by atoms with Crippen LogP contribution in [0.25, 0.3) is 0 Å². The van der Waals surface area contributed by atoms with Gasteiger partial charge in [-0.25, -0.2) is 13.2 Å². The van der Waals surface area contributed by atoms with E-state index >= 15 is 0 Å². The lowest BCUT2D eigenvalue weighted by atomic mass is 10.2. The molecule has 0 aliphatic rings. The highest BCUT2D eigenvalue weighted by Crippen LogP contribution is 2.10.